The Bertz CT molecular complexity index is 140. The standard InChI is InChI=1S/C9H23NO3Si/c1-5-9(4)13-14(8-10,11-6-2)12-7-3/h9H,5-8,10H2,1-4H3. The van der Waals surface area contributed by atoms with Gasteiger partial charge in [0.25, 0.3) is 0 Å². The van der Waals surface area contributed by atoms with Gasteiger partial charge in [0.2, 0.25) is 0 Å². The molecule has 0 bridgehead atoms. The Labute approximate surface area is 88.1 Å². The Hall–Kier alpha value is 0.0569. The van der Waals surface area contributed by atoms with E-state index < -0.39 is 8.80 Å². The fourth-order valence-electron chi connectivity index (χ4n) is 1.11. The van der Waals surface area contributed by atoms with Crippen molar-refractivity contribution in [2.45, 2.75) is 40.2 Å². The molecular weight excluding hydrogens is 198 g/mol. The highest BCUT2D eigenvalue weighted by Crippen LogP contribution is 2.12. The lowest BCUT2D eigenvalue weighted by Crippen LogP contribution is -2.54. The Balaban J connectivity index is 4.31. The van der Waals surface area contributed by atoms with Crippen molar-refractivity contribution in [3.05, 3.63) is 0 Å². The highest BCUT2D eigenvalue weighted by molar-refractivity contribution is 6.60. The molecule has 4 nitrogen and oxygen atoms in total. The largest absolute Gasteiger partial charge is 0.515 e. The van der Waals surface area contributed by atoms with Crippen LogP contribution in [0.5, 0.6) is 0 Å². The van der Waals surface area contributed by atoms with Crippen LogP contribution in [-0.4, -0.2) is 34.3 Å². The van der Waals surface area contributed by atoms with Crippen LogP contribution in [-0.2, 0) is 13.3 Å². The predicted octanol–water partition coefficient (Wildman–Crippen LogP) is 1.31. The van der Waals surface area contributed by atoms with Crippen LogP contribution >= 0.6 is 0 Å². The van der Waals surface area contributed by atoms with Crippen molar-refractivity contribution < 1.29 is 13.3 Å². The van der Waals surface area contributed by atoms with E-state index in [2.05, 4.69) is 6.92 Å². The zero-order valence-corrected chi connectivity index (χ0v) is 10.7. The third-order valence-electron chi connectivity index (χ3n) is 1.93. The molecule has 0 amide bonds. The molecule has 0 saturated carbocycles. The summed E-state index contributed by atoms with van der Waals surface area (Å²) in [5.74, 6) is 0. The number of nitrogens with two attached hydrogens (primary N) is 1. The molecule has 0 heterocycles. The molecule has 0 aliphatic rings. The molecule has 14 heavy (non-hydrogen) atoms. The molecular formula is C9H23NO3Si. The quantitative estimate of drug-likeness (QED) is 0.628. The summed E-state index contributed by atoms with van der Waals surface area (Å²) < 4.78 is 16.9. The molecule has 1 unspecified atom stereocenters. The molecule has 0 aromatic heterocycles. The number of hydrogen-bond acceptors (Lipinski definition) is 4. The zero-order valence-electron chi connectivity index (χ0n) is 9.71. The molecule has 1 atom stereocenters. The second kappa shape index (κ2) is 7.36. The highest BCUT2D eigenvalue weighted by atomic mass is 28.4. The Morgan fingerprint density at radius 1 is 1.14 bits per heavy atom. The van der Waals surface area contributed by atoms with Crippen molar-refractivity contribution in [2.75, 3.05) is 19.4 Å². The summed E-state index contributed by atoms with van der Waals surface area (Å²) in [5, 5.41) is 0. The van der Waals surface area contributed by atoms with Crippen molar-refractivity contribution in [2.24, 2.45) is 5.73 Å². The van der Waals surface area contributed by atoms with Gasteiger partial charge in [0.15, 0.2) is 0 Å². The minimum absolute atomic E-state index is 0.142. The van der Waals surface area contributed by atoms with Gasteiger partial charge in [-0.3, -0.25) is 0 Å². The summed E-state index contributed by atoms with van der Waals surface area (Å²) in [7, 11) is -2.58. The first-order chi connectivity index (χ1) is 6.64. The average molecular weight is 221 g/mol. The minimum Gasteiger partial charge on any atom is -0.373 e. The van der Waals surface area contributed by atoms with Crippen LogP contribution in [0.4, 0.5) is 0 Å². The molecule has 0 aliphatic carbocycles. The van der Waals surface area contributed by atoms with Crippen molar-refractivity contribution in [3.63, 3.8) is 0 Å². The van der Waals surface area contributed by atoms with Gasteiger partial charge in [0.05, 0.1) is 6.17 Å². The van der Waals surface area contributed by atoms with Gasteiger partial charge in [0.1, 0.15) is 0 Å². The summed E-state index contributed by atoms with van der Waals surface area (Å²) >= 11 is 0. The second-order valence-electron chi connectivity index (χ2n) is 3.09. The first-order valence-corrected chi connectivity index (χ1v) is 7.23. The lowest BCUT2D eigenvalue weighted by molar-refractivity contribution is 0.0384. The molecule has 0 aromatic carbocycles. The second-order valence-corrected chi connectivity index (χ2v) is 5.68. The molecule has 0 aromatic rings. The van der Waals surface area contributed by atoms with Crippen LogP contribution in [0, 0.1) is 0 Å². The van der Waals surface area contributed by atoms with Gasteiger partial charge in [-0.25, -0.2) is 0 Å². The predicted molar refractivity (Wildman–Crippen MR) is 58.9 cm³/mol. The van der Waals surface area contributed by atoms with Gasteiger partial charge in [-0.05, 0) is 27.2 Å². The lowest BCUT2D eigenvalue weighted by atomic mass is 10.3. The minimum atomic E-state index is -2.58. The molecule has 0 saturated heterocycles. The molecule has 0 fully saturated rings. The van der Waals surface area contributed by atoms with Gasteiger partial charge in [-0.15, -0.1) is 0 Å². The number of rotatable bonds is 8. The monoisotopic (exact) mass is 221 g/mol. The maximum absolute atomic E-state index is 5.79. The highest BCUT2D eigenvalue weighted by Gasteiger charge is 2.40. The molecule has 86 valence electrons. The molecule has 0 spiro atoms. The van der Waals surface area contributed by atoms with Crippen LogP contribution in [0.3, 0.4) is 0 Å². The molecule has 0 radical (unpaired) electrons. The van der Waals surface area contributed by atoms with Crippen molar-refractivity contribution >= 4 is 8.80 Å². The van der Waals surface area contributed by atoms with Crippen molar-refractivity contribution in [1.29, 1.82) is 0 Å². The first-order valence-electron chi connectivity index (χ1n) is 5.29. The van der Waals surface area contributed by atoms with E-state index in [1.807, 2.05) is 20.8 Å². The summed E-state index contributed by atoms with van der Waals surface area (Å²) in [6.45, 7) is 9.10. The number of hydrogen-bond donors (Lipinski definition) is 1. The van der Waals surface area contributed by atoms with Gasteiger partial charge in [-0.1, -0.05) is 6.92 Å². The van der Waals surface area contributed by atoms with E-state index in [4.69, 9.17) is 19.0 Å². The first kappa shape index (κ1) is 14.1. The third-order valence-corrected chi connectivity index (χ3v) is 4.65. The summed E-state index contributed by atoms with van der Waals surface area (Å²) in [6, 6.07) is 0. The summed E-state index contributed by atoms with van der Waals surface area (Å²) in [6.07, 6.45) is 1.43. The Morgan fingerprint density at radius 3 is 1.93 bits per heavy atom. The van der Waals surface area contributed by atoms with Gasteiger partial charge in [0, 0.05) is 19.3 Å². The topological polar surface area (TPSA) is 53.7 Å². The van der Waals surface area contributed by atoms with Crippen molar-refractivity contribution in [1.82, 2.24) is 0 Å². The van der Waals surface area contributed by atoms with E-state index in [-0.39, 0.29) is 6.10 Å². The fraction of sp³-hybridized carbons (Fsp3) is 1.00. The van der Waals surface area contributed by atoms with E-state index in [0.29, 0.717) is 19.4 Å². The van der Waals surface area contributed by atoms with E-state index in [0.717, 1.165) is 6.42 Å². The average Bonchev–Trinajstić information content (AvgIpc) is 2.18. The van der Waals surface area contributed by atoms with Crippen LogP contribution in [0.15, 0.2) is 0 Å². The maximum atomic E-state index is 5.79. The molecule has 0 rings (SSSR count). The molecule has 2 N–H and O–H groups in total. The fourth-order valence-corrected chi connectivity index (χ4v) is 3.32. The summed E-state index contributed by atoms with van der Waals surface area (Å²) in [5.41, 5.74) is 5.67. The molecule has 0 aliphatic heterocycles. The molecule has 5 heteroatoms. The van der Waals surface area contributed by atoms with Gasteiger partial charge in [-0.2, -0.15) is 0 Å². The van der Waals surface area contributed by atoms with E-state index in [1.165, 1.54) is 0 Å². The van der Waals surface area contributed by atoms with Crippen LogP contribution in [0.1, 0.15) is 34.1 Å². The zero-order chi connectivity index (χ0) is 11.0. The van der Waals surface area contributed by atoms with Crippen LogP contribution in [0.25, 0.3) is 0 Å². The Kier molecular flexibility index (Phi) is 7.39. The van der Waals surface area contributed by atoms with E-state index in [1.54, 1.807) is 0 Å². The van der Waals surface area contributed by atoms with Crippen molar-refractivity contribution in [3.8, 4) is 0 Å². The van der Waals surface area contributed by atoms with Crippen LogP contribution < -0.4 is 5.73 Å². The van der Waals surface area contributed by atoms with E-state index >= 15 is 0 Å². The Morgan fingerprint density at radius 2 is 1.64 bits per heavy atom. The third kappa shape index (κ3) is 4.52. The smallest absolute Gasteiger partial charge is 0.373 e. The van der Waals surface area contributed by atoms with Gasteiger partial charge < -0.3 is 19.0 Å². The normalized spacial score (nSPS) is 14.4. The SMILES string of the molecule is CCO[Si](CN)(OCC)OC(C)CC. The van der Waals surface area contributed by atoms with E-state index in [9.17, 15) is 0 Å². The summed E-state index contributed by atoms with van der Waals surface area (Å²) in [4.78, 5) is 0. The van der Waals surface area contributed by atoms with Crippen LogP contribution in [0.2, 0.25) is 0 Å². The van der Waals surface area contributed by atoms with Gasteiger partial charge >= 0.3 is 8.80 Å². The maximum Gasteiger partial charge on any atom is 0.515 e. The lowest BCUT2D eigenvalue weighted by Gasteiger charge is -2.30.